The third kappa shape index (κ3) is 7.17. The highest BCUT2D eigenvalue weighted by molar-refractivity contribution is 5.88. The van der Waals surface area contributed by atoms with Crippen molar-refractivity contribution in [2.45, 2.75) is 38.3 Å². The number of nitrogens with zero attached hydrogens (tertiary/aromatic N) is 1. The van der Waals surface area contributed by atoms with E-state index >= 15 is 0 Å². The van der Waals surface area contributed by atoms with Crippen molar-refractivity contribution < 1.29 is 9.59 Å². The van der Waals surface area contributed by atoms with Gasteiger partial charge < -0.3 is 10.2 Å². The van der Waals surface area contributed by atoms with Gasteiger partial charge in [-0.25, -0.2) is 0 Å². The normalized spacial score (nSPS) is 11.6. The molecule has 2 amide bonds. The number of hydrogen-bond acceptors (Lipinski definition) is 2. The molecule has 4 heteroatoms. The number of rotatable bonds is 11. The van der Waals surface area contributed by atoms with Crippen LogP contribution in [0.3, 0.4) is 0 Å². The third-order valence-corrected chi connectivity index (χ3v) is 6.60. The van der Waals surface area contributed by atoms with Crippen LogP contribution in [0.2, 0.25) is 0 Å². The van der Waals surface area contributed by atoms with Crippen molar-refractivity contribution in [1.82, 2.24) is 10.2 Å². The van der Waals surface area contributed by atoms with Crippen molar-refractivity contribution in [2.24, 2.45) is 0 Å². The number of nitrogens with one attached hydrogen (secondary N) is 1. The lowest BCUT2D eigenvalue weighted by Gasteiger charge is -2.33. The largest absolute Gasteiger partial charge is 0.355 e. The Kier molecular flexibility index (Phi) is 9.25. The lowest BCUT2D eigenvalue weighted by Crippen LogP contribution is -2.50. The first-order chi connectivity index (χ1) is 18.2. The SMILES string of the molecule is CCNC(=O)[C@H](Cc1ccccc1)N(Cc1ccccc1)C(=O)CC(c1ccccc1)c1ccccc1. The maximum atomic E-state index is 14.2. The van der Waals surface area contributed by atoms with Gasteiger partial charge in [-0.1, -0.05) is 121 Å². The van der Waals surface area contributed by atoms with Crippen LogP contribution in [-0.2, 0) is 22.6 Å². The van der Waals surface area contributed by atoms with Gasteiger partial charge in [-0.3, -0.25) is 9.59 Å². The molecule has 0 heterocycles. The van der Waals surface area contributed by atoms with Gasteiger partial charge in [0.1, 0.15) is 6.04 Å². The second-order valence-electron chi connectivity index (χ2n) is 9.19. The van der Waals surface area contributed by atoms with E-state index in [4.69, 9.17) is 0 Å². The minimum absolute atomic E-state index is 0.0475. The fourth-order valence-corrected chi connectivity index (χ4v) is 4.72. The summed E-state index contributed by atoms with van der Waals surface area (Å²) in [6.07, 6.45) is 0.720. The Bertz CT molecular complexity index is 1210. The second-order valence-corrected chi connectivity index (χ2v) is 9.19. The van der Waals surface area contributed by atoms with E-state index in [1.165, 1.54) is 0 Å². The maximum Gasteiger partial charge on any atom is 0.243 e. The standard InChI is InChI=1S/C33H34N2O2/c1-2-34-33(37)31(23-26-15-7-3-8-16-26)35(25-27-17-9-4-10-18-27)32(36)24-30(28-19-11-5-12-20-28)29-21-13-6-14-22-29/h3-22,30-31H,2,23-25H2,1H3,(H,34,37)/t31-/m0/s1. The van der Waals surface area contributed by atoms with Crippen LogP contribution in [0.5, 0.6) is 0 Å². The minimum atomic E-state index is -0.623. The Balaban J connectivity index is 1.71. The molecule has 0 bridgehead atoms. The fraction of sp³-hybridized carbons (Fsp3) is 0.212. The summed E-state index contributed by atoms with van der Waals surface area (Å²) in [5.41, 5.74) is 4.18. The molecule has 4 aromatic carbocycles. The van der Waals surface area contributed by atoms with Gasteiger partial charge in [-0.2, -0.15) is 0 Å². The van der Waals surface area contributed by atoms with Crippen LogP contribution in [0.15, 0.2) is 121 Å². The van der Waals surface area contributed by atoms with E-state index in [1.807, 2.05) is 104 Å². The predicted molar refractivity (Wildman–Crippen MR) is 149 cm³/mol. The first-order valence-corrected chi connectivity index (χ1v) is 12.9. The Morgan fingerprint density at radius 2 is 1.14 bits per heavy atom. The summed E-state index contributed by atoms with van der Waals surface area (Å²) in [6.45, 7) is 2.78. The van der Waals surface area contributed by atoms with Crippen molar-refractivity contribution in [3.8, 4) is 0 Å². The van der Waals surface area contributed by atoms with Crippen molar-refractivity contribution in [1.29, 1.82) is 0 Å². The molecule has 0 saturated heterocycles. The van der Waals surface area contributed by atoms with Crippen LogP contribution in [0.4, 0.5) is 0 Å². The number of amides is 2. The molecule has 0 spiro atoms. The summed E-state index contributed by atoms with van der Waals surface area (Å²) in [7, 11) is 0. The monoisotopic (exact) mass is 490 g/mol. The van der Waals surface area contributed by atoms with E-state index in [1.54, 1.807) is 4.90 Å². The average molecular weight is 491 g/mol. The summed E-state index contributed by atoms with van der Waals surface area (Å²) in [5.74, 6) is -0.292. The average Bonchev–Trinajstić information content (AvgIpc) is 2.95. The van der Waals surface area contributed by atoms with E-state index in [0.29, 0.717) is 19.5 Å². The van der Waals surface area contributed by atoms with Gasteiger partial charge in [0.2, 0.25) is 11.8 Å². The third-order valence-electron chi connectivity index (χ3n) is 6.60. The van der Waals surface area contributed by atoms with Crippen LogP contribution in [-0.4, -0.2) is 29.3 Å². The highest BCUT2D eigenvalue weighted by atomic mass is 16.2. The molecule has 0 unspecified atom stereocenters. The van der Waals surface area contributed by atoms with E-state index in [2.05, 4.69) is 29.6 Å². The van der Waals surface area contributed by atoms with Gasteiger partial charge in [-0.15, -0.1) is 0 Å². The lowest BCUT2D eigenvalue weighted by atomic mass is 9.87. The summed E-state index contributed by atoms with van der Waals surface area (Å²) in [4.78, 5) is 29.4. The molecule has 1 atom stereocenters. The fourth-order valence-electron chi connectivity index (χ4n) is 4.72. The first kappa shape index (κ1) is 25.9. The molecule has 4 aromatic rings. The number of likely N-dealkylation sites (N-methyl/N-ethyl adjacent to an activating group) is 1. The van der Waals surface area contributed by atoms with Crippen molar-refractivity contribution >= 4 is 11.8 Å². The van der Waals surface area contributed by atoms with Crippen molar-refractivity contribution in [3.63, 3.8) is 0 Å². The molecule has 4 nitrogen and oxygen atoms in total. The zero-order chi connectivity index (χ0) is 25.9. The Morgan fingerprint density at radius 3 is 1.62 bits per heavy atom. The van der Waals surface area contributed by atoms with Crippen molar-refractivity contribution in [2.75, 3.05) is 6.54 Å². The number of hydrogen-bond donors (Lipinski definition) is 1. The maximum absolute atomic E-state index is 14.2. The summed E-state index contributed by atoms with van der Waals surface area (Å²) in [5, 5.41) is 2.97. The van der Waals surface area contributed by atoms with Crippen LogP contribution >= 0.6 is 0 Å². The molecule has 37 heavy (non-hydrogen) atoms. The summed E-state index contributed by atoms with van der Waals surface area (Å²) in [6, 6.07) is 39.4. The molecular formula is C33H34N2O2. The Labute approximate surface area is 220 Å². The molecular weight excluding hydrogens is 456 g/mol. The van der Waals surface area contributed by atoms with Gasteiger partial charge in [0, 0.05) is 31.8 Å². The zero-order valence-electron chi connectivity index (χ0n) is 21.3. The minimum Gasteiger partial charge on any atom is -0.355 e. The van der Waals surface area contributed by atoms with E-state index in [0.717, 1.165) is 22.3 Å². The molecule has 0 saturated carbocycles. The molecule has 0 radical (unpaired) electrons. The highest BCUT2D eigenvalue weighted by Crippen LogP contribution is 2.29. The van der Waals surface area contributed by atoms with Crippen LogP contribution in [0.1, 0.15) is 41.5 Å². The number of carbonyl (C=O) groups is 2. The van der Waals surface area contributed by atoms with E-state index in [-0.39, 0.29) is 24.2 Å². The Morgan fingerprint density at radius 1 is 0.676 bits per heavy atom. The Hall–Kier alpha value is -4.18. The smallest absolute Gasteiger partial charge is 0.243 e. The molecule has 0 aliphatic heterocycles. The summed E-state index contributed by atoms with van der Waals surface area (Å²) >= 11 is 0. The molecule has 0 fully saturated rings. The van der Waals surface area contributed by atoms with Gasteiger partial charge in [-0.05, 0) is 29.2 Å². The highest BCUT2D eigenvalue weighted by Gasteiger charge is 2.32. The molecule has 188 valence electrons. The van der Waals surface area contributed by atoms with Gasteiger partial charge in [0.25, 0.3) is 0 Å². The van der Waals surface area contributed by atoms with Gasteiger partial charge >= 0.3 is 0 Å². The van der Waals surface area contributed by atoms with Crippen molar-refractivity contribution in [3.05, 3.63) is 144 Å². The summed E-state index contributed by atoms with van der Waals surface area (Å²) < 4.78 is 0. The molecule has 1 N–H and O–H groups in total. The van der Waals surface area contributed by atoms with Crippen LogP contribution in [0, 0.1) is 0 Å². The predicted octanol–water partition coefficient (Wildman–Crippen LogP) is 5.98. The second kappa shape index (κ2) is 13.2. The lowest BCUT2D eigenvalue weighted by molar-refractivity contribution is -0.141. The van der Waals surface area contributed by atoms with E-state index < -0.39 is 6.04 Å². The van der Waals surface area contributed by atoms with Gasteiger partial charge in [0.05, 0.1) is 0 Å². The van der Waals surface area contributed by atoms with E-state index in [9.17, 15) is 9.59 Å². The zero-order valence-corrected chi connectivity index (χ0v) is 21.3. The first-order valence-electron chi connectivity index (χ1n) is 12.9. The molecule has 4 rings (SSSR count). The van der Waals surface area contributed by atoms with Gasteiger partial charge in [0.15, 0.2) is 0 Å². The topological polar surface area (TPSA) is 49.4 Å². The molecule has 0 aliphatic rings. The quantitative estimate of drug-likeness (QED) is 0.281. The van der Waals surface area contributed by atoms with Crippen LogP contribution in [0.25, 0.3) is 0 Å². The number of benzene rings is 4. The molecule has 0 aliphatic carbocycles. The van der Waals surface area contributed by atoms with Crippen LogP contribution < -0.4 is 5.32 Å². The number of carbonyl (C=O) groups excluding carboxylic acids is 2. The molecule has 0 aromatic heterocycles.